The Hall–Kier alpha value is -1.28. The number of hydrogen-bond donors (Lipinski definition) is 0. The maximum Gasteiger partial charge on any atom is 0.0642 e. The van der Waals surface area contributed by atoms with Gasteiger partial charge in [-0.05, 0) is 23.1 Å². The van der Waals surface area contributed by atoms with Crippen molar-refractivity contribution < 1.29 is 4.74 Å². The van der Waals surface area contributed by atoms with Gasteiger partial charge in [0, 0.05) is 18.8 Å². The van der Waals surface area contributed by atoms with Crippen LogP contribution in [0.5, 0.6) is 0 Å². The van der Waals surface area contributed by atoms with Gasteiger partial charge in [-0.1, -0.05) is 45.1 Å². The molecule has 0 spiro atoms. The van der Waals surface area contributed by atoms with Crippen molar-refractivity contribution in [3.63, 3.8) is 0 Å². The Bertz CT molecular complexity index is 394. The Kier molecular flexibility index (Phi) is 4.07. The molecule has 1 saturated heterocycles. The summed E-state index contributed by atoms with van der Waals surface area (Å²) in [5.74, 6) is 0. The lowest BCUT2D eigenvalue weighted by Crippen LogP contribution is -2.36. The van der Waals surface area contributed by atoms with Crippen molar-refractivity contribution in [2.75, 3.05) is 31.2 Å². The average Bonchev–Trinajstić information content (AvgIpc) is 2.37. The topological polar surface area (TPSA) is 12.5 Å². The summed E-state index contributed by atoms with van der Waals surface area (Å²) in [6.45, 7) is 10.3. The first-order valence-corrected chi connectivity index (χ1v) is 6.67. The second-order valence-corrected chi connectivity index (χ2v) is 5.89. The van der Waals surface area contributed by atoms with E-state index in [-0.39, 0.29) is 5.41 Å². The van der Waals surface area contributed by atoms with Crippen LogP contribution >= 0.6 is 0 Å². The summed E-state index contributed by atoms with van der Waals surface area (Å²) in [7, 11) is 0. The fourth-order valence-electron chi connectivity index (χ4n) is 1.96. The van der Waals surface area contributed by atoms with Crippen LogP contribution in [-0.4, -0.2) is 26.3 Å². The molecule has 0 bridgehead atoms. The van der Waals surface area contributed by atoms with Crippen LogP contribution in [0.25, 0.3) is 6.08 Å². The fraction of sp³-hybridized carbons (Fsp3) is 0.500. The molecule has 1 heterocycles. The van der Waals surface area contributed by atoms with E-state index in [1.807, 2.05) is 0 Å². The van der Waals surface area contributed by atoms with Gasteiger partial charge in [0.05, 0.1) is 13.2 Å². The molecule has 0 aliphatic carbocycles. The van der Waals surface area contributed by atoms with Gasteiger partial charge in [0.2, 0.25) is 0 Å². The molecule has 0 aromatic heterocycles. The molecule has 0 atom stereocenters. The van der Waals surface area contributed by atoms with Gasteiger partial charge >= 0.3 is 0 Å². The van der Waals surface area contributed by atoms with Crippen molar-refractivity contribution in [1.29, 1.82) is 0 Å². The van der Waals surface area contributed by atoms with Gasteiger partial charge in [-0.15, -0.1) is 0 Å². The van der Waals surface area contributed by atoms with Crippen molar-refractivity contribution in [3.05, 3.63) is 35.9 Å². The molecule has 1 aliphatic rings. The number of nitrogens with zero attached hydrogens (tertiary/aromatic N) is 1. The Labute approximate surface area is 110 Å². The summed E-state index contributed by atoms with van der Waals surface area (Å²) in [4.78, 5) is 2.38. The monoisotopic (exact) mass is 245 g/mol. The maximum absolute atomic E-state index is 5.37. The fourth-order valence-corrected chi connectivity index (χ4v) is 1.96. The highest BCUT2D eigenvalue weighted by molar-refractivity contribution is 5.56. The van der Waals surface area contributed by atoms with Gasteiger partial charge in [-0.2, -0.15) is 0 Å². The third-order valence-corrected chi connectivity index (χ3v) is 3.05. The molecule has 1 aliphatic heterocycles. The van der Waals surface area contributed by atoms with Crippen molar-refractivity contribution in [2.45, 2.75) is 20.8 Å². The first kappa shape index (κ1) is 13.2. The predicted octanol–water partition coefficient (Wildman–Crippen LogP) is 3.58. The van der Waals surface area contributed by atoms with Crippen LogP contribution in [0.4, 0.5) is 5.69 Å². The molecule has 0 radical (unpaired) electrons. The summed E-state index contributed by atoms with van der Waals surface area (Å²) in [6.07, 6.45) is 4.44. The summed E-state index contributed by atoms with van der Waals surface area (Å²) in [6, 6.07) is 8.78. The van der Waals surface area contributed by atoms with Gasteiger partial charge in [0.15, 0.2) is 0 Å². The summed E-state index contributed by atoms with van der Waals surface area (Å²) < 4.78 is 5.37. The molecule has 1 aromatic carbocycles. The van der Waals surface area contributed by atoms with Crippen molar-refractivity contribution >= 4 is 11.8 Å². The SMILES string of the molecule is CC(C)(C)/C=C/c1ccc(N2CCOCC2)cc1. The van der Waals surface area contributed by atoms with Crippen LogP contribution < -0.4 is 4.90 Å². The smallest absolute Gasteiger partial charge is 0.0642 e. The van der Waals surface area contributed by atoms with E-state index < -0.39 is 0 Å². The number of anilines is 1. The van der Waals surface area contributed by atoms with Gasteiger partial charge in [-0.25, -0.2) is 0 Å². The van der Waals surface area contributed by atoms with E-state index in [0.29, 0.717) is 0 Å². The first-order chi connectivity index (χ1) is 8.54. The molecule has 1 aromatic rings. The van der Waals surface area contributed by atoms with Crippen LogP contribution in [0.1, 0.15) is 26.3 Å². The Morgan fingerprint density at radius 1 is 1.06 bits per heavy atom. The molecule has 2 rings (SSSR count). The van der Waals surface area contributed by atoms with Crippen LogP contribution in [0.15, 0.2) is 30.3 Å². The minimum absolute atomic E-state index is 0.239. The molecule has 0 unspecified atom stereocenters. The van der Waals surface area contributed by atoms with Crippen LogP contribution in [0.3, 0.4) is 0 Å². The number of allylic oxidation sites excluding steroid dienone is 1. The average molecular weight is 245 g/mol. The lowest BCUT2D eigenvalue weighted by Gasteiger charge is -2.28. The van der Waals surface area contributed by atoms with E-state index in [1.54, 1.807) is 0 Å². The molecule has 98 valence electrons. The molecule has 2 heteroatoms. The molecular formula is C16H23NO. The molecule has 18 heavy (non-hydrogen) atoms. The maximum atomic E-state index is 5.37. The summed E-state index contributed by atoms with van der Waals surface area (Å²) in [5, 5.41) is 0. The van der Waals surface area contributed by atoms with Crippen molar-refractivity contribution in [1.82, 2.24) is 0 Å². The highest BCUT2D eigenvalue weighted by Crippen LogP contribution is 2.20. The van der Waals surface area contributed by atoms with E-state index in [2.05, 4.69) is 62.1 Å². The lowest BCUT2D eigenvalue weighted by molar-refractivity contribution is 0.122. The van der Waals surface area contributed by atoms with Crippen LogP contribution in [-0.2, 0) is 4.74 Å². The number of rotatable bonds is 2. The largest absolute Gasteiger partial charge is 0.378 e. The van der Waals surface area contributed by atoms with Gasteiger partial charge in [-0.3, -0.25) is 0 Å². The predicted molar refractivity (Wildman–Crippen MR) is 78.0 cm³/mol. The zero-order valence-electron chi connectivity index (χ0n) is 11.6. The second kappa shape index (κ2) is 5.57. The van der Waals surface area contributed by atoms with Gasteiger partial charge < -0.3 is 9.64 Å². The molecule has 2 nitrogen and oxygen atoms in total. The highest BCUT2D eigenvalue weighted by atomic mass is 16.5. The van der Waals surface area contributed by atoms with E-state index in [4.69, 9.17) is 4.74 Å². The van der Waals surface area contributed by atoms with Gasteiger partial charge in [0.1, 0.15) is 0 Å². The lowest BCUT2D eigenvalue weighted by atomic mass is 9.95. The molecule has 0 saturated carbocycles. The minimum atomic E-state index is 0.239. The highest BCUT2D eigenvalue weighted by Gasteiger charge is 2.10. The summed E-state index contributed by atoms with van der Waals surface area (Å²) >= 11 is 0. The van der Waals surface area contributed by atoms with E-state index in [0.717, 1.165) is 26.3 Å². The number of hydrogen-bond acceptors (Lipinski definition) is 2. The normalized spacial score (nSPS) is 17.4. The van der Waals surface area contributed by atoms with E-state index >= 15 is 0 Å². The first-order valence-electron chi connectivity index (χ1n) is 6.67. The number of benzene rings is 1. The minimum Gasteiger partial charge on any atom is -0.378 e. The van der Waals surface area contributed by atoms with Crippen LogP contribution in [0.2, 0.25) is 0 Å². The quantitative estimate of drug-likeness (QED) is 0.789. The molecule has 1 fully saturated rings. The third-order valence-electron chi connectivity index (χ3n) is 3.05. The second-order valence-electron chi connectivity index (χ2n) is 5.89. The van der Waals surface area contributed by atoms with E-state index in [1.165, 1.54) is 11.3 Å². The standard InChI is InChI=1S/C16H23NO/c1-16(2,3)9-8-14-4-6-15(7-5-14)17-10-12-18-13-11-17/h4-9H,10-13H2,1-3H3/b9-8+. The van der Waals surface area contributed by atoms with Gasteiger partial charge in [0.25, 0.3) is 0 Å². The molecule has 0 N–H and O–H groups in total. The van der Waals surface area contributed by atoms with E-state index in [9.17, 15) is 0 Å². The number of morpholine rings is 1. The van der Waals surface area contributed by atoms with Crippen molar-refractivity contribution in [2.24, 2.45) is 5.41 Å². The Morgan fingerprint density at radius 2 is 1.67 bits per heavy atom. The molecular weight excluding hydrogens is 222 g/mol. The summed E-state index contributed by atoms with van der Waals surface area (Å²) in [5.41, 5.74) is 2.80. The van der Waals surface area contributed by atoms with Crippen LogP contribution in [0, 0.1) is 5.41 Å². The van der Waals surface area contributed by atoms with Crippen molar-refractivity contribution in [3.8, 4) is 0 Å². The third kappa shape index (κ3) is 3.88. The Balaban J connectivity index is 2.03. The zero-order valence-corrected chi connectivity index (χ0v) is 11.6. The Morgan fingerprint density at radius 3 is 2.22 bits per heavy atom. The zero-order chi connectivity index (χ0) is 13.0. The molecule has 0 amide bonds. The number of ether oxygens (including phenoxy) is 1.